The van der Waals surface area contributed by atoms with Crippen LogP contribution in [0.3, 0.4) is 0 Å². The van der Waals surface area contributed by atoms with E-state index in [0.29, 0.717) is 23.9 Å². The molecular formula is C30H40N6OS. The Bertz CT molecular complexity index is 1240. The summed E-state index contributed by atoms with van der Waals surface area (Å²) in [7, 11) is 0. The molecule has 4 aliphatic rings. The Kier molecular flexibility index (Phi) is 7.22. The lowest BCUT2D eigenvalue weighted by molar-refractivity contribution is 0.00791. The summed E-state index contributed by atoms with van der Waals surface area (Å²) in [5.74, 6) is 2.41. The molecule has 1 aromatic carbocycles. The molecule has 0 unspecified atom stereocenters. The molecule has 0 radical (unpaired) electrons. The van der Waals surface area contributed by atoms with E-state index < -0.39 is 0 Å². The highest BCUT2D eigenvalue weighted by atomic mass is 32.1. The normalized spacial score (nSPS) is 24.9. The Morgan fingerprint density at radius 2 is 1.71 bits per heavy atom. The van der Waals surface area contributed by atoms with Gasteiger partial charge in [0.05, 0.1) is 18.6 Å². The molecule has 7 nitrogen and oxygen atoms in total. The van der Waals surface area contributed by atoms with Crippen LogP contribution in [-0.2, 0) is 17.6 Å². The number of morpholine rings is 1. The number of fused-ring (bicyclic) bond motifs is 3. The molecule has 3 fully saturated rings. The van der Waals surface area contributed by atoms with E-state index in [0.717, 1.165) is 62.1 Å². The van der Waals surface area contributed by atoms with E-state index in [9.17, 15) is 0 Å². The Hall–Kier alpha value is -2.26. The van der Waals surface area contributed by atoms with Gasteiger partial charge in [0, 0.05) is 35.7 Å². The number of nitrogens with zero attached hydrogens (tertiary/aromatic N) is 3. The molecule has 7 rings (SSSR count). The molecule has 202 valence electrons. The first-order valence-electron chi connectivity index (χ1n) is 14.8. The van der Waals surface area contributed by atoms with Crippen molar-refractivity contribution in [2.45, 2.75) is 75.8 Å². The highest BCUT2D eigenvalue weighted by Gasteiger charge is 2.29. The van der Waals surface area contributed by atoms with E-state index in [-0.39, 0.29) is 0 Å². The summed E-state index contributed by atoms with van der Waals surface area (Å²) in [6.07, 6.45) is 10.9. The maximum absolute atomic E-state index is 5.57. The average Bonchev–Trinajstić information content (AvgIpc) is 3.56. The van der Waals surface area contributed by atoms with Crippen molar-refractivity contribution in [3.05, 3.63) is 40.3 Å². The molecule has 4 heterocycles. The number of thiophene rings is 1. The Morgan fingerprint density at radius 1 is 0.921 bits per heavy atom. The highest BCUT2D eigenvalue weighted by Crippen LogP contribution is 2.41. The minimum absolute atomic E-state index is 0.472. The topological polar surface area (TPSA) is 74.3 Å². The minimum Gasteiger partial charge on any atom is -0.379 e. The number of benzene rings is 1. The van der Waals surface area contributed by atoms with Gasteiger partial charge in [-0.2, -0.15) is 4.98 Å². The van der Waals surface area contributed by atoms with Crippen LogP contribution in [0.5, 0.6) is 0 Å². The van der Waals surface area contributed by atoms with Crippen molar-refractivity contribution in [2.24, 2.45) is 0 Å². The molecule has 8 heteroatoms. The number of nitrogens with one attached hydrogen (secondary N) is 3. The van der Waals surface area contributed by atoms with Gasteiger partial charge < -0.3 is 20.7 Å². The van der Waals surface area contributed by atoms with Gasteiger partial charge >= 0.3 is 0 Å². The number of aryl methyl sites for hydroxylation is 2. The van der Waals surface area contributed by atoms with Gasteiger partial charge in [-0.15, -0.1) is 11.3 Å². The van der Waals surface area contributed by atoms with E-state index >= 15 is 0 Å². The lowest BCUT2D eigenvalue weighted by Gasteiger charge is -2.39. The van der Waals surface area contributed by atoms with Crippen molar-refractivity contribution >= 4 is 39.0 Å². The first-order chi connectivity index (χ1) is 18.8. The first-order valence-corrected chi connectivity index (χ1v) is 15.6. The Morgan fingerprint density at radius 3 is 2.50 bits per heavy atom. The summed E-state index contributed by atoms with van der Waals surface area (Å²) in [6.45, 7) is 6.18. The quantitative estimate of drug-likeness (QED) is 0.390. The van der Waals surface area contributed by atoms with Gasteiger partial charge in [0.2, 0.25) is 5.95 Å². The maximum Gasteiger partial charge on any atom is 0.230 e. The van der Waals surface area contributed by atoms with Crippen LogP contribution in [0.2, 0.25) is 0 Å². The Labute approximate surface area is 229 Å². The predicted molar refractivity (Wildman–Crippen MR) is 156 cm³/mol. The smallest absolute Gasteiger partial charge is 0.230 e. The molecule has 1 saturated carbocycles. The molecule has 3 N–H and O–H groups in total. The minimum atomic E-state index is 0.472. The third kappa shape index (κ3) is 5.16. The van der Waals surface area contributed by atoms with Crippen LogP contribution in [0.4, 0.5) is 17.5 Å². The zero-order valence-electron chi connectivity index (χ0n) is 22.3. The zero-order valence-corrected chi connectivity index (χ0v) is 23.1. The molecule has 0 bridgehead atoms. The fraction of sp³-hybridized carbons (Fsp3) is 0.600. The molecule has 0 amide bonds. The number of aromatic nitrogens is 2. The molecule has 38 heavy (non-hydrogen) atoms. The highest BCUT2D eigenvalue weighted by molar-refractivity contribution is 7.19. The van der Waals surface area contributed by atoms with E-state index in [1.54, 1.807) is 0 Å². The van der Waals surface area contributed by atoms with Crippen LogP contribution in [-0.4, -0.2) is 66.3 Å². The van der Waals surface area contributed by atoms with Gasteiger partial charge in [0.25, 0.3) is 0 Å². The van der Waals surface area contributed by atoms with Gasteiger partial charge in [-0.1, -0.05) is 12.1 Å². The molecule has 0 spiro atoms. The second kappa shape index (κ2) is 11.1. The lowest BCUT2D eigenvalue weighted by atomic mass is 9.90. The number of hydrogen-bond acceptors (Lipinski definition) is 8. The molecule has 2 aliphatic carbocycles. The van der Waals surface area contributed by atoms with Crippen molar-refractivity contribution in [3.63, 3.8) is 0 Å². The number of piperidine rings is 1. The van der Waals surface area contributed by atoms with Crippen LogP contribution in [0, 0.1) is 0 Å². The van der Waals surface area contributed by atoms with Crippen LogP contribution in [0.25, 0.3) is 10.2 Å². The molecule has 2 saturated heterocycles. The van der Waals surface area contributed by atoms with Crippen LogP contribution in [0.15, 0.2) is 24.3 Å². The van der Waals surface area contributed by atoms with Crippen LogP contribution >= 0.6 is 11.3 Å². The van der Waals surface area contributed by atoms with Crippen molar-refractivity contribution in [1.29, 1.82) is 0 Å². The standard InChI is InChI=1S/C30H40N6OS/c1-2-25-26(3-1)38-29-27(25)28(32-22-8-10-24(11-9-22)36-16-18-37-19-17-36)34-30(35-29)33-23-6-4-20(5-7-23)21-12-14-31-15-13-21/h4-7,21-22,24,31H,1-3,8-19H2,(H2,32,33,34,35). The van der Waals surface area contributed by atoms with Gasteiger partial charge in [-0.05, 0) is 100 Å². The number of rotatable bonds is 6. The van der Waals surface area contributed by atoms with Gasteiger partial charge in [0.15, 0.2) is 0 Å². The SMILES string of the molecule is c1cc(C2CCNCC2)ccc1Nc1nc(NC2CCC(N3CCOCC3)CC2)c2c3c(sc2n1)CCC3. The van der Waals surface area contributed by atoms with E-state index in [1.807, 2.05) is 11.3 Å². The molecule has 2 aliphatic heterocycles. The van der Waals surface area contributed by atoms with Crippen LogP contribution in [0.1, 0.15) is 66.9 Å². The second-order valence-electron chi connectivity index (χ2n) is 11.5. The van der Waals surface area contributed by atoms with E-state index in [2.05, 4.69) is 45.1 Å². The largest absolute Gasteiger partial charge is 0.379 e. The van der Waals surface area contributed by atoms with E-state index in [4.69, 9.17) is 14.7 Å². The summed E-state index contributed by atoms with van der Waals surface area (Å²) in [5, 5.41) is 12.2. The van der Waals surface area contributed by atoms with Gasteiger partial charge in [-0.3, -0.25) is 4.90 Å². The number of hydrogen-bond donors (Lipinski definition) is 3. The third-order valence-corrected chi connectivity index (χ3v) is 10.3. The van der Waals surface area contributed by atoms with Crippen molar-refractivity contribution < 1.29 is 4.74 Å². The van der Waals surface area contributed by atoms with Gasteiger partial charge in [-0.25, -0.2) is 4.98 Å². The second-order valence-corrected chi connectivity index (χ2v) is 12.6. The number of anilines is 3. The molecule has 3 aromatic rings. The van der Waals surface area contributed by atoms with Gasteiger partial charge in [0.1, 0.15) is 10.6 Å². The number of ether oxygens (including phenoxy) is 1. The lowest BCUT2D eigenvalue weighted by Crippen LogP contribution is -2.46. The third-order valence-electron chi connectivity index (χ3n) is 9.14. The Balaban J connectivity index is 1.09. The maximum atomic E-state index is 5.57. The molecular weight excluding hydrogens is 492 g/mol. The molecule has 2 aromatic heterocycles. The fourth-order valence-corrected chi connectivity index (χ4v) is 8.26. The average molecular weight is 533 g/mol. The molecule has 0 atom stereocenters. The summed E-state index contributed by atoms with van der Waals surface area (Å²) in [6, 6.07) is 10.1. The zero-order chi connectivity index (χ0) is 25.3. The summed E-state index contributed by atoms with van der Waals surface area (Å²) < 4.78 is 5.57. The fourth-order valence-electron chi connectivity index (χ4n) is 7.00. The monoisotopic (exact) mass is 532 g/mol. The van der Waals surface area contributed by atoms with E-state index in [1.165, 1.54) is 72.8 Å². The van der Waals surface area contributed by atoms with Crippen molar-refractivity contribution in [2.75, 3.05) is 50.0 Å². The summed E-state index contributed by atoms with van der Waals surface area (Å²) >= 11 is 1.87. The first kappa shape index (κ1) is 24.8. The summed E-state index contributed by atoms with van der Waals surface area (Å²) in [5.41, 5.74) is 3.99. The van der Waals surface area contributed by atoms with Crippen molar-refractivity contribution in [3.8, 4) is 0 Å². The predicted octanol–water partition coefficient (Wildman–Crippen LogP) is 5.45. The van der Waals surface area contributed by atoms with Crippen LogP contribution < -0.4 is 16.0 Å². The summed E-state index contributed by atoms with van der Waals surface area (Å²) in [4.78, 5) is 15.4. The van der Waals surface area contributed by atoms with Crippen molar-refractivity contribution in [1.82, 2.24) is 20.2 Å².